The topological polar surface area (TPSA) is 80.9 Å². The molecule has 0 spiro atoms. The van der Waals surface area contributed by atoms with Crippen molar-refractivity contribution >= 4 is 22.6 Å². The minimum absolute atomic E-state index is 0.0399. The monoisotopic (exact) mass is 299 g/mol. The van der Waals surface area contributed by atoms with E-state index in [1.807, 2.05) is 0 Å². The predicted molar refractivity (Wildman–Crippen MR) is 82.3 cm³/mol. The molecule has 0 radical (unpaired) electrons. The van der Waals surface area contributed by atoms with Gasteiger partial charge in [-0.25, -0.2) is 13.8 Å². The van der Waals surface area contributed by atoms with E-state index in [4.69, 9.17) is 5.73 Å². The lowest BCUT2D eigenvalue weighted by molar-refractivity contribution is 0.0904. The van der Waals surface area contributed by atoms with Gasteiger partial charge in [0.05, 0.1) is 11.0 Å². The Labute approximate surface area is 125 Å². The number of halogens is 1. The number of benzene rings is 2. The minimum Gasteiger partial charge on any atom is -0.399 e. The number of aryl methyl sites for hydroxylation is 1. The van der Waals surface area contributed by atoms with E-state index in [0.717, 1.165) is 4.57 Å². The van der Waals surface area contributed by atoms with Crippen molar-refractivity contribution in [3.63, 3.8) is 0 Å². The average Bonchev–Trinajstić information content (AvgIpc) is 2.81. The predicted octanol–water partition coefficient (Wildman–Crippen LogP) is 2.32. The number of aromatic amines is 1. The van der Waals surface area contributed by atoms with Crippen molar-refractivity contribution in [2.45, 2.75) is 12.8 Å². The summed E-state index contributed by atoms with van der Waals surface area (Å²) in [7, 11) is 0. The van der Waals surface area contributed by atoms with E-state index in [9.17, 15) is 14.0 Å². The van der Waals surface area contributed by atoms with E-state index in [1.165, 1.54) is 6.07 Å². The van der Waals surface area contributed by atoms with Gasteiger partial charge in [-0.15, -0.1) is 0 Å². The van der Waals surface area contributed by atoms with Crippen LogP contribution in [0, 0.1) is 5.82 Å². The molecule has 0 saturated carbocycles. The molecule has 3 N–H and O–H groups in total. The Balaban J connectivity index is 1.88. The molecule has 0 amide bonds. The van der Waals surface area contributed by atoms with Crippen molar-refractivity contribution < 1.29 is 9.18 Å². The van der Waals surface area contributed by atoms with Crippen LogP contribution in [-0.4, -0.2) is 15.5 Å². The van der Waals surface area contributed by atoms with Gasteiger partial charge in [0.15, 0.2) is 0 Å². The molecule has 0 atom stereocenters. The zero-order valence-electron chi connectivity index (χ0n) is 11.7. The fraction of sp³-hybridized carbons (Fsp3) is 0.125. The third kappa shape index (κ3) is 2.50. The molecular formula is C16H14FN3O2. The second kappa shape index (κ2) is 5.48. The second-order valence-corrected chi connectivity index (χ2v) is 5.03. The Kier molecular flexibility index (Phi) is 3.50. The highest BCUT2D eigenvalue weighted by atomic mass is 19.1. The van der Waals surface area contributed by atoms with Crippen LogP contribution in [0.15, 0.2) is 47.3 Å². The molecule has 0 aliphatic heterocycles. The van der Waals surface area contributed by atoms with Gasteiger partial charge in [0.2, 0.25) is 5.91 Å². The third-order valence-electron chi connectivity index (χ3n) is 3.52. The molecular weight excluding hydrogens is 285 g/mol. The van der Waals surface area contributed by atoms with Gasteiger partial charge in [-0.05, 0) is 36.2 Å². The molecule has 0 fully saturated rings. The summed E-state index contributed by atoms with van der Waals surface area (Å²) in [4.78, 5) is 26.8. The zero-order chi connectivity index (χ0) is 15.7. The standard InChI is InChI=1S/C16H14FN3O2/c17-12-4-2-1-3-10(12)5-8-15(21)20-14-7-6-11(18)9-13(14)19-16(20)22/h1-4,6-7,9H,5,8,18H2,(H,19,22). The smallest absolute Gasteiger partial charge is 0.333 e. The number of carbonyl (C=O) groups excluding carboxylic acids is 1. The molecule has 0 bridgehead atoms. The van der Waals surface area contributed by atoms with Crippen LogP contribution >= 0.6 is 0 Å². The molecule has 0 aliphatic rings. The second-order valence-electron chi connectivity index (χ2n) is 5.03. The summed E-state index contributed by atoms with van der Waals surface area (Å²) < 4.78 is 14.6. The number of hydrogen-bond donors (Lipinski definition) is 2. The Morgan fingerprint density at radius 2 is 2.00 bits per heavy atom. The summed E-state index contributed by atoms with van der Waals surface area (Å²) in [6.45, 7) is 0. The molecule has 112 valence electrons. The normalized spacial score (nSPS) is 11.0. The van der Waals surface area contributed by atoms with Crippen molar-refractivity contribution in [2.75, 3.05) is 5.73 Å². The first-order valence-electron chi connectivity index (χ1n) is 6.83. The maximum absolute atomic E-state index is 13.6. The fourth-order valence-electron chi connectivity index (χ4n) is 2.43. The van der Waals surface area contributed by atoms with Crippen molar-refractivity contribution in [3.05, 3.63) is 64.3 Å². The molecule has 1 heterocycles. The lowest BCUT2D eigenvalue weighted by Gasteiger charge is -2.04. The Morgan fingerprint density at radius 3 is 2.77 bits per heavy atom. The van der Waals surface area contributed by atoms with E-state index >= 15 is 0 Å². The summed E-state index contributed by atoms with van der Waals surface area (Å²) in [5.41, 5.74) is 7.06. The van der Waals surface area contributed by atoms with Crippen LogP contribution in [-0.2, 0) is 6.42 Å². The fourth-order valence-corrected chi connectivity index (χ4v) is 2.43. The SMILES string of the molecule is Nc1ccc2c(c1)[nH]c(=O)n2C(=O)CCc1ccccc1F. The number of fused-ring (bicyclic) bond motifs is 1. The van der Waals surface area contributed by atoms with E-state index < -0.39 is 5.69 Å². The number of nitrogens with two attached hydrogens (primary N) is 1. The Bertz CT molecular complexity index is 911. The molecule has 6 heteroatoms. The maximum atomic E-state index is 13.6. The first kappa shape index (κ1) is 14.1. The average molecular weight is 299 g/mol. The largest absolute Gasteiger partial charge is 0.399 e. The third-order valence-corrected chi connectivity index (χ3v) is 3.52. The van der Waals surface area contributed by atoms with Gasteiger partial charge in [-0.2, -0.15) is 0 Å². The van der Waals surface area contributed by atoms with E-state index in [0.29, 0.717) is 22.3 Å². The van der Waals surface area contributed by atoms with Crippen LogP contribution in [0.3, 0.4) is 0 Å². The van der Waals surface area contributed by atoms with Crippen LogP contribution in [0.2, 0.25) is 0 Å². The quantitative estimate of drug-likeness (QED) is 0.728. The molecule has 3 aromatic rings. The van der Waals surface area contributed by atoms with E-state index in [2.05, 4.69) is 4.98 Å². The molecule has 1 aromatic heterocycles. The molecule has 0 unspecified atom stereocenters. The number of carbonyl (C=O) groups is 1. The summed E-state index contributed by atoms with van der Waals surface area (Å²) in [6, 6.07) is 11.1. The Hall–Kier alpha value is -2.89. The van der Waals surface area contributed by atoms with Crippen molar-refractivity contribution in [2.24, 2.45) is 0 Å². The molecule has 0 saturated heterocycles. The van der Waals surface area contributed by atoms with Crippen LogP contribution < -0.4 is 11.4 Å². The van der Waals surface area contributed by atoms with Crippen molar-refractivity contribution in [3.8, 4) is 0 Å². The van der Waals surface area contributed by atoms with Crippen LogP contribution in [0.4, 0.5) is 10.1 Å². The number of rotatable bonds is 3. The number of imidazole rings is 1. The zero-order valence-corrected chi connectivity index (χ0v) is 11.7. The highest BCUT2D eigenvalue weighted by Gasteiger charge is 2.14. The first-order valence-corrected chi connectivity index (χ1v) is 6.83. The van der Waals surface area contributed by atoms with Crippen molar-refractivity contribution in [1.82, 2.24) is 9.55 Å². The highest BCUT2D eigenvalue weighted by molar-refractivity contribution is 5.91. The lowest BCUT2D eigenvalue weighted by atomic mass is 10.1. The number of hydrogen-bond acceptors (Lipinski definition) is 3. The van der Waals surface area contributed by atoms with Gasteiger partial charge in [0.25, 0.3) is 0 Å². The maximum Gasteiger partial charge on any atom is 0.333 e. The number of anilines is 1. The number of H-pyrrole nitrogens is 1. The lowest BCUT2D eigenvalue weighted by Crippen LogP contribution is -2.24. The van der Waals surface area contributed by atoms with Gasteiger partial charge in [0.1, 0.15) is 5.82 Å². The van der Waals surface area contributed by atoms with Crippen LogP contribution in [0.25, 0.3) is 11.0 Å². The van der Waals surface area contributed by atoms with Gasteiger partial charge >= 0.3 is 5.69 Å². The minimum atomic E-state index is -0.515. The summed E-state index contributed by atoms with van der Waals surface area (Å²) in [5, 5.41) is 0. The summed E-state index contributed by atoms with van der Waals surface area (Å²) in [5.74, 6) is -0.737. The summed E-state index contributed by atoms with van der Waals surface area (Å²) >= 11 is 0. The van der Waals surface area contributed by atoms with E-state index in [-0.39, 0.29) is 24.6 Å². The highest BCUT2D eigenvalue weighted by Crippen LogP contribution is 2.15. The molecule has 22 heavy (non-hydrogen) atoms. The molecule has 2 aromatic carbocycles. The molecule has 0 aliphatic carbocycles. The number of nitrogens with one attached hydrogen (secondary N) is 1. The van der Waals surface area contributed by atoms with Gasteiger partial charge in [-0.3, -0.25) is 4.79 Å². The Morgan fingerprint density at radius 1 is 1.23 bits per heavy atom. The van der Waals surface area contributed by atoms with Crippen LogP contribution in [0.5, 0.6) is 0 Å². The number of aromatic nitrogens is 2. The van der Waals surface area contributed by atoms with Crippen LogP contribution in [0.1, 0.15) is 16.8 Å². The number of nitrogens with zero attached hydrogens (tertiary/aromatic N) is 1. The number of nitrogen functional groups attached to an aromatic ring is 1. The molecule has 3 rings (SSSR count). The molecule has 5 nitrogen and oxygen atoms in total. The summed E-state index contributed by atoms with van der Waals surface area (Å²) in [6.07, 6.45) is 0.276. The van der Waals surface area contributed by atoms with Gasteiger partial charge < -0.3 is 10.7 Å². The van der Waals surface area contributed by atoms with Gasteiger partial charge in [-0.1, -0.05) is 18.2 Å². The van der Waals surface area contributed by atoms with Crippen molar-refractivity contribution in [1.29, 1.82) is 0 Å². The van der Waals surface area contributed by atoms with E-state index in [1.54, 1.807) is 36.4 Å². The first-order chi connectivity index (χ1) is 10.6. The van der Waals surface area contributed by atoms with Gasteiger partial charge in [0, 0.05) is 12.1 Å².